The van der Waals surface area contributed by atoms with Crippen molar-refractivity contribution in [2.45, 2.75) is 12.8 Å². The molecule has 0 saturated carbocycles. The number of amides is 1. The molecule has 12 heteroatoms. The summed E-state index contributed by atoms with van der Waals surface area (Å²) in [6.07, 6.45) is 9.11. The Morgan fingerprint density at radius 1 is 1.10 bits per heavy atom. The zero-order valence-corrected chi connectivity index (χ0v) is 15.3. The van der Waals surface area contributed by atoms with Crippen LogP contribution < -0.4 is 10.2 Å². The second-order valence-corrected chi connectivity index (χ2v) is 6.67. The molecule has 1 saturated heterocycles. The first-order valence-electron chi connectivity index (χ1n) is 9.15. The first kappa shape index (κ1) is 17.2. The number of rotatable bonds is 4. The lowest BCUT2D eigenvalue weighted by molar-refractivity contribution is -0.120. The fourth-order valence-corrected chi connectivity index (χ4v) is 3.44. The SMILES string of the molecule is O=C(Nc1ncnc2nc[nH]c12)C1CCCN(c2cc(-n3cncn3)ncn2)C1. The smallest absolute Gasteiger partial charge is 0.230 e. The van der Waals surface area contributed by atoms with Crippen molar-refractivity contribution in [2.24, 2.45) is 5.92 Å². The van der Waals surface area contributed by atoms with Gasteiger partial charge >= 0.3 is 0 Å². The summed E-state index contributed by atoms with van der Waals surface area (Å²) < 4.78 is 1.57. The average Bonchev–Trinajstić information content (AvgIpc) is 3.46. The Balaban J connectivity index is 1.32. The van der Waals surface area contributed by atoms with Crippen LogP contribution in [0, 0.1) is 5.92 Å². The normalized spacial score (nSPS) is 16.8. The van der Waals surface area contributed by atoms with Gasteiger partial charge < -0.3 is 15.2 Å². The van der Waals surface area contributed by atoms with E-state index in [1.165, 1.54) is 25.3 Å². The molecule has 0 aliphatic carbocycles. The highest BCUT2D eigenvalue weighted by molar-refractivity contribution is 5.98. The first-order chi connectivity index (χ1) is 14.3. The third kappa shape index (κ3) is 3.35. The second-order valence-electron chi connectivity index (χ2n) is 6.67. The Bertz CT molecular complexity index is 1140. The number of carbonyl (C=O) groups excluding carboxylic acids is 1. The zero-order chi connectivity index (χ0) is 19.6. The molecular weight excluding hydrogens is 374 g/mol. The molecule has 146 valence electrons. The zero-order valence-electron chi connectivity index (χ0n) is 15.3. The van der Waals surface area contributed by atoms with Gasteiger partial charge in [-0.3, -0.25) is 4.79 Å². The van der Waals surface area contributed by atoms with Crippen molar-refractivity contribution in [3.8, 4) is 5.82 Å². The summed E-state index contributed by atoms with van der Waals surface area (Å²) >= 11 is 0. The lowest BCUT2D eigenvalue weighted by Gasteiger charge is -2.32. The van der Waals surface area contributed by atoms with E-state index in [0.717, 1.165) is 25.2 Å². The van der Waals surface area contributed by atoms with Gasteiger partial charge in [0.2, 0.25) is 5.91 Å². The number of piperidine rings is 1. The van der Waals surface area contributed by atoms with Gasteiger partial charge in [0.25, 0.3) is 0 Å². The minimum atomic E-state index is -0.193. The van der Waals surface area contributed by atoms with Gasteiger partial charge in [-0.05, 0) is 12.8 Å². The molecule has 0 bridgehead atoms. The van der Waals surface area contributed by atoms with Crippen LogP contribution >= 0.6 is 0 Å². The fraction of sp³-hybridized carbons (Fsp3) is 0.294. The van der Waals surface area contributed by atoms with Gasteiger partial charge in [0, 0.05) is 19.2 Å². The van der Waals surface area contributed by atoms with E-state index in [1.54, 1.807) is 11.0 Å². The number of nitrogens with zero attached hydrogens (tertiary/aromatic N) is 9. The molecule has 1 aliphatic rings. The number of hydrogen-bond acceptors (Lipinski definition) is 9. The van der Waals surface area contributed by atoms with Gasteiger partial charge in [-0.1, -0.05) is 0 Å². The predicted molar refractivity (Wildman–Crippen MR) is 102 cm³/mol. The molecule has 0 aromatic carbocycles. The number of imidazole rings is 1. The highest BCUT2D eigenvalue weighted by Crippen LogP contribution is 2.24. The Morgan fingerprint density at radius 2 is 2.00 bits per heavy atom. The fourth-order valence-electron chi connectivity index (χ4n) is 3.44. The molecule has 12 nitrogen and oxygen atoms in total. The standard InChI is InChI=1S/C17H17N11O/c29-17(26-16-14-15(22-8-21-14)23-9-24-16)11-2-1-3-27(5-11)12-4-13(20-7-19-12)28-10-18-6-25-28/h4,6-11H,1-3,5H2,(H2,21,22,23,24,26,29). The van der Waals surface area contributed by atoms with Crippen LogP contribution in [0.4, 0.5) is 11.6 Å². The maximum absolute atomic E-state index is 12.9. The lowest BCUT2D eigenvalue weighted by Crippen LogP contribution is -2.41. The van der Waals surface area contributed by atoms with Crippen molar-refractivity contribution in [1.29, 1.82) is 0 Å². The van der Waals surface area contributed by atoms with Crippen molar-refractivity contribution >= 4 is 28.7 Å². The van der Waals surface area contributed by atoms with Gasteiger partial charge in [-0.2, -0.15) is 5.10 Å². The number of anilines is 2. The maximum atomic E-state index is 12.9. The van der Waals surface area contributed by atoms with Crippen molar-refractivity contribution in [3.63, 3.8) is 0 Å². The van der Waals surface area contributed by atoms with Crippen LogP contribution in [0.5, 0.6) is 0 Å². The van der Waals surface area contributed by atoms with Crippen molar-refractivity contribution in [3.05, 3.63) is 37.7 Å². The minimum Gasteiger partial charge on any atom is -0.356 e. The molecule has 4 aromatic heterocycles. The molecule has 2 N–H and O–H groups in total. The Hall–Kier alpha value is -3.96. The van der Waals surface area contributed by atoms with Gasteiger partial charge in [-0.25, -0.2) is 34.6 Å². The molecule has 5 rings (SSSR count). The Labute approximate surface area is 164 Å². The largest absolute Gasteiger partial charge is 0.356 e. The van der Waals surface area contributed by atoms with Gasteiger partial charge in [0.1, 0.15) is 36.6 Å². The number of fused-ring (bicyclic) bond motifs is 1. The van der Waals surface area contributed by atoms with Gasteiger partial charge in [-0.15, -0.1) is 0 Å². The number of hydrogen-bond donors (Lipinski definition) is 2. The van der Waals surface area contributed by atoms with Crippen LogP contribution in [0.2, 0.25) is 0 Å². The third-order valence-corrected chi connectivity index (χ3v) is 4.87. The lowest BCUT2D eigenvalue weighted by atomic mass is 9.97. The topological polar surface area (TPSA) is 143 Å². The molecule has 0 spiro atoms. The number of aromatic amines is 1. The number of carbonyl (C=O) groups is 1. The molecule has 1 unspecified atom stereocenters. The summed E-state index contributed by atoms with van der Waals surface area (Å²) in [4.78, 5) is 42.8. The van der Waals surface area contributed by atoms with Crippen LogP contribution in [0.15, 0.2) is 37.7 Å². The van der Waals surface area contributed by atoms with Crippen LogP contribution in [-0.2, 0) is 4.79 Å². The van der Waals surface area contributed by atoms with Crippen LogP contribution in [0.25, 0.3) is 17.0 Å². The summed E-state index contributed by atoms with van der Waals surface area (Å²) in [5.41, 5.74) is 1.13. The summed E-state index contributed by atoms with van der Waals surface area (Å²) in [6, 6.07) is 1.84. The first-order valence-corrected chi connectivity index (χ1v) is 9.15. The Morgan fingerprint density at radius 3 is 2.90 bits per heavy atom. The second kappa shape index (κ2) is 7.22. The number of nitrogens with one attached hydrogen (secondary N) is 2. The predicted octanol–water partition coefficient (Wildman–Crippen LogP) is 0.579. The molecule has 1 aliphatic heterocycles. The van der Waals surface area contributed by atoms with E-state index in [2.05, 4.69) is 50.2 Å². The maximum Gasteiger partial charge on any atom is 0.230 e. The minimum absolute atomic E-state index is 0.0881. The molecule has 5 heterocycles. The van der Waals surface area contributed by atoms with Crippen LogP contribution in [-0.4, -0.2) is 63.7 Å². The van der Waals surface area contributed by atoms with Gasteiger partial charge in [0.15, 0.2) is 17.3 Å². The van der Waals surface area contributed by atoms with Crippen LogP contribution in [0.1, 0.15) is 12.8 Å². The van der Waals surface area contributed by atoms with E-state index in [9.17, 15) is 4.79 Å². The van der Waals surface area contributed by atoms with Gasteiger partial charge in [0.05, 0.1) is 12.2 Å². The summed E-state index contributed by atoms with van der Waals surface area (Å²) in [5, 5.41) is 7.00. The summed E-state index contributed by atoms with van der Waals surface area (Å²) in [7, 11) is 0. The van der Waals surface area contributed by atoms with E-state index in [0.29, 0.717) is 29.3 Å². The molecular formula is C17H17N11O. The molecule has 0 radical (unpaired) electrons. The van der Waals surface area contributed by atoms with Crippen molar-refractivity contribution in [1.82, 2.24) is 44.7 Å². The monoisotopic (exact) mass is 391 g/mol. The molecule has 1 fully saturated rings. The van der Waals surface area contributed by atoms with Crippen molar-refractivity contribution < 1.29 is 4.79 Å². The van der Waals surface area contributed by atoms with E-state index in [-0.39, 0.29) is 11.8 Å². The third-order valence-electron chi connectivity index (χ3n) is 4.87. The highest BCUT2D eigenvalue weighted by atomic mass is 16.2. The van der Waals surface area contributed by atoms with E-state index in [1.807, 2.05) is 6.07 Å². The molecule has 1 atom stereocenters. The average molecular weight is 391 g/mol. The molecule has 4 aromatic rings. The van der Waals surface area contributed by atoms with Crippen molar-refractivity contribution in [2.75, 3.05) is 23.3 Å². The Kier molecular flexibility index (Phi) is 4.27. The van der Waals surface area contributed by atoms with E-state index >= 15 is 0 Å². The highest BCUT2D eigenvalue weighted by Gasteiger charge is 2.27. The molecule has 29 heavy (non-hydrogen) atoms. The van der Waals surface area contributed by atoms with E-state index < -0.39 is 0 Å². The summed E-state index contributed by atoms with van der Waals surface area (Å²) in [5.74, 6) is 1.53. The molecule has 1 amide bonds. The number of H-pyrrole nitrogens is 1. The van der Waals surface area contributed by atoms with E-state index in [4.69, 9.17) is 0 Å². The van der Waals surface area contributed by atoms with Crippen LogP contribution in [0.3, 0.4) is 0 Å². The summed E-state index contributed by atoms with van der Waals surface area (Å²) in [6.45, 7) is 1.37. The quantitative estimate of drug-likeness (QED) is 0.510. The number of aromatic nitrogens is 9.